The molecule has 1 rings (SSSR count). The summed E-state index contributed by atoms with van der Waals surface area (Å²) in [7, 11) is 1.77. The lowest BCUT2D eigenvalue weighted by Crippen LogP contribution is -2.11. The van der Waals surface area contributed by atoms with Gasteiger partial charge in [0, 0.05) is 6.07 Å². The first-order valence-electron chi connectivity index (χ1n) is 3.93. The van der Waals surface area contributed by atoms with Crippen molar-refractivity contribution in [2.75, 3.05) is 13.6 Å². The Morgan fingerprint density at radius 3 is 2.62 bits per heavy atom. The van der Waals surface area contributed by atoms with Gasteiger partial charge in [0.25, 0.3) is 0 Å². The highest BCUT2D eigenvalue weighted by atomic mass is 35.5. The molecule has 1 aromatic rings. The predicted molar refractivity (Wildman–Crippen MR) is 49.0 cm³/mol. The monoisotopic (exact) mass is 205 g/mol. The van der Waals surface area contributed by atoms with Gasteiger partial charge in [-0.2, -0.15) is 0 Å². The first kappa shape index (κ1) is 10.4. The van der Waals surface area contributed by atoms with Crippen LogP contribution in [0.4, 0.5) is 8.78 Å². The Morgan fingerprint density at radius 1 is 1.31 bits per heavy atom. The Labute approximate surface area is 80.7 Å². The molecule has 0 atom stereocenters. The van der Waals surface area contributed by atoms with E-state index >= 15 is 0 Å². The smallest absolute Gasteiger partial charge is 0.144 e. The molecule has 0 heterocycles. The summed E-state index contributed by atoms with van der Waals surface area (Å²) < 4.78 is 25.7. The highest BCUT2D eigenvalue weighted by molar-refractivity contribution is 6.30. The Kier molecular flexibility index (Phi) is 3.63. The molecule has 0 saturated heterocycles. The highest BCUT2D eigenvalue weighted by Gasteiger charge is 2.07. The summed E-state index contributed by atoms with van der Waals surface area (Å²) in [6.07, 6.45) is 0.502. The number of likely N-dealkylation sites (N-methyl/N-ethyl adjacent to an activating group) is 1. The van der Waals surface area contributed by atoms with Crippen LogP contribution in [0.2, 0.25) is 5.02 Å². The van der Waals surface area contributed by atoms with Crippen LogP contribution in [-0.2, 0) is 6.42 Å². The number of nitrogens with one attached hydrogen (secondary N) is 1. The van der Waals surface area contributed by atoms with Crippen LogP contribution < -0.4 is 5.32 Å². The first-order chi connectivity index (χ1) is 6.15. The van der Waals surface area contributed by atoms with Gasteiger partial charge in [-0.25, -0.2) is 8.78 Å². The second-order valence-corrected chi connectivity index (χ2v) is 3.12. The molecule has 0 saturated carbocycles. The summed E-state index contributed by atoms with van der Waals surface area (Å²) in [6.45, 7) is 0.638. The molecule has 0 amide bonds. The second-order valence-electron chi connectivity index (χ2n) is 2.71. The lowest BCUT2D eigenvalue weighted by atomic mass is 10.1. The molecular weight excluding hydrogens is 196 g/mol. The average Bonchev–Trinajstić information content (AvgIpc) is 2.09. The van der Waals surface area contributed by atoms with Gasteiger partial charge in [0.05, 0.1) is 5.02 Å². The fraction of sp³-hybridized carbons (Fsp3) is 0.333. The van der Waals surface area contributed by atoms with E-state index in [0.29, 0.717) is 18.5 Å². The van der Waals surface area contributed by atoms with Gasteiger partial charge in [-0.15, -0.1) is 0 Å². The minimum atomic E-state index is -0.715. The fourth-order valence-corrected chi connectivity index (χ4v) is 1.20. The quantitative estimate of drug-likeness (QED) is 0.748. The van der Waals surface area contributed by atoms with Gasteiger partial charge in [-0.05, 0) is 31.6 Å². The summed E-state index contributed by atoms with van der Waals surface area (Å²) >= 11 is 5.50. The third kappa shape index (κ3) is 2.64. The molecule has 0 fully saturated rings. The molecule has 0 aliphatic rings. The first-order valence-corrected chi connectivity index (χ1v) is 4.31. The molecule has 0 aliphatic heterocycles. The number of hydrogen-bond donors (Lipinski definition) is 1. The third-order valence-electron chi connectivity index (χ3n) is 1.73. The molecule has 1 nitrogen and oxygen atoms in total. The molecule has 4 heteroatoms. The van der Waals surface area contributed by atoms with Crippen LogP contribution in [0.15, 0.2) is 12.1 Å². The average molecular weight is 206 g/mol. The lowest BCUT2D eigenvalue weighted by molar-refractivity contribution is 0.570. The second kappa shape index (κ2) is 4.53. The summed E-state index contributed by atoms with van der Waals surface area (Å²) in [5.41, 5.74) is 0.431. The van der Waals surface area contributed by atoms with Crippen LogP contribution in [-0.4, -0.2) is 13.6 Å². The Bertz CT molecular complexity index is 302. The van der Waals surface area contributed by atoms with Gasteiger partial charge in [-0.3, -0.25) is 0 Å². The molecule has 0 spiro atoms. The fourth-order valence-electron chi connectivity index (χ4n) is 1.02. The molecule has 1 aromatic carbocycles. The lowest BCUT2D eigenvalue weighted by Gasteiger charge is -2.03. The van der Waals surface area contributed by atoms with Crippen molar-refractivity contribution in [2.24, 2.45) is 0 Å². The Morgan fingerprint density at radius 2 is 2.00 bits per heavy atom. The van der Waals surface area contributed by atoms with Crippen LogP contribution in [0.3, 0.4) is 0 Å². The summed E-state index contributed by atoms with van der Waals surface area (Å²) in [5.74, 6) is -1.26. The zero-order chi connectivity index (χ0) is 9.84. The Hall–Kier alpha value is -0.670. The van der Waals surface area contributed by atoms with Crippen molar-refractivity contribution in [1.82, 2.24) is 5.32 Å². The molecule has 0 radical (unpaired) electrons. The molecule has 72 valence electrons. The third-order valence-corrected chi connectivity index (χ3v) is 2.02. The maximum atomic E-state index is 13.0. The molecule has 1 N–H and O–H groups in total. The van der Waals surface area contributed by atoms with Crippen molar-refractivity contribution in [1.29, 1.82) is 0 Å². The molecule has 0 aliphatic carbocycles. The number of hydrogen-bond acceptors (Lipinski definition) is 1. The van der Waals surface area contributed by atoms with Crippen molar-refractivity contribution >= 4 is 11.6 Å². The SMILES string of the molecule is CNCCc1cc(Cl)c(F)cc1F. The van der Waals surface area contributed by atoms with E-state index in [1.165, 1.54) is 6.07 Å². The molecule has 0 bridgehead atoms. The highest BCUT2D eigenvalue weighted by Crippen LogP contribution is 2.19. The minimum Gasteiger partial charge on any atom is -0.319 e. The molecule has 13 heavy (non-hydrogen) atoms. The van der Waals surface area contributed by atoms with E-state index in [1.54, 1.807) is 7.05 Å². The predicted octanol–water partition coefficient (Wildman–Crippen LogP) is 2.38. The summed E-state index contributed by atoms with van der Waals surface area (Å²) in [4.78, 5) is 0. The maximum Gasteiger partial charge on any atom is 0.144 e. The van der Waals surface area contributed by atoms with Gasteiger partial charge in [-0.1, -0.05) is 11.6 Å². The van der Waals surface area contributed by atoms with Crippen LogP contribution in [0, 0.1) is 11.6 Å². The van der Waals surface area contributed by atoms with E-state index in [-0.39, 0.29) is 5.02 Å². The van der Waals surface area contributed by atoms with E-state index < -0.39 is 11.6 Å². The van der Waals surface area contributed by atoms with Gasteiger partial charge in [0.15, 0.2) is 0 Å². The standard InChI is InChI=1S/C9H10ClF2N/c1-13-3-2-6-4-7(10)9(12)5-8(6)11/h4-5,13H,2-3H2,1H3. The van der Waals surface area contributed by atoms with Gasteiger partial charge in [0.2, 0.25) is 0 Å². The molecule has 0 aromatic heterocycles. The van der Waals surface area contributed by atoms with Crippen molar-refractivity contribution in [3.05, 3.63) is 34.4 Å². The summed E-state index contributed by atoms with van der Waals surface area (Å²) in [6, 6.07) is 2.14. The van der Waals surface area contributed by atoms with Gasteiger partial charge >= 0.3 is 0 Å². The zero-order valence-electron chi connectivity index (χ0n) is 7.20. The van der Waals surface area contributed by atoms with Crippen LogP contribution in [0.25, 0.3) is 0 Å². The van der Waals surface area contributed by atoms with E-state index in [1.807, 2.05) is 0 Å². The van der Waals surface area contributed by atoms with Crippen molar-refractivity contribution < 1.29 is 8.78 Å². The normalized spacial score (nSPS) is 10.5. The van der Waals surface area contributed by atoms with Crippen molar-refractivity contribution in [3.63, 3.8) is 0 Å². The Balaban J connectivity index is 2.88. The molecular formula is C9H10ClF2N. The zero-order valence-corrected chi connectivity index (χ0v) is 7.96. The van der Waals surface area contributed by atoms with Crippen LogP contribution >= 0.6 is 11.6 Å². The largest absolute Gasteiger partial charge is 0.319 e. The molecule has 0 unspecified atom stereocenters. The van der Waals surface area contributed by atoms with Gasteiger partial charge < -0.3 is 5.32 Å². The van der Waals surface area contributed by atoms with E-state index in [4.69, 9.17) is 11.6 Å². The van der Waals surface area contributed by atoms with Crippen LogP contribution in [0.5, 0.6) is 0 Å². The van der Waals surface area contributed by atoms with Crippen LogP contribution in [0.1, 0.15) is 5.56 Å². The van der Waals surface area contributed by atoms with E-state index in [2.05, 4.69) is 5.32 Å². The van der Waals surface area contributed by atoms with E-state index in [0.717, 1.165) is 6.07 Å². The van der Waals surface area contributed by atoms with E-state index in [9.17, 15) is 8.78 Å². The summed E-state index contributed by atoms with van der Waals surface area (Å²) in [5, 5.41) is 2.84. The number of rotatable bonds is 3. The topological polar surface area (TPSA) is 12.0 Å². The van der Waals surface area contributed by atoms with Gasteiger partial charge in [0.1, 0.15) is 11.6 Å². The minimum absolute atomic E-state index is 0.0347. The number of halogens is 3. The van der Waals surface area contributed by atoms with Crippen molar-refractivity contribution in [2.45, 2.75) is 6.42 Å². The maximum absolute atomic E-state index is 13.0. The van der Waals surface area contributed by atoms with Crippen molar-refractivity contribution in [3.8, 4) is 0 Å². The number of benzene rings is 1.